The number of halogens is 1. The van der Waals surface area contributed by atoms with Crippen molar-refractivity contribution in [1.29, 1.82) is 0 Å². The Balaban J connectivity index is 1.78. The molecule has 2 aliphatic rings. The topological polar surface area (TPSA) is 12.0 Å². The summed E-state index contributed by atoms with van der Waals surface area (Å²) in [5, 5.41) is 3.69. The lowest BCUT2D eigenvalue weighted by atomic mass is 9.93. The van der Waals surface area contributed by atoms with E-state index < -0.39 is 0 Å². The molecule has 2 heteroatoms. The van der Waals surface area contributed by atoms with Crippen LogP contribution in [0.25, 0.3) is 0 Å². The maximum Gasteiger partial charge on any atom is 0.0178 e. The van der Waals surface area contributed by atoms with E-state index in [4.69, 9.17) is 0 Å². The van der Waals surface area contributed by atoms with Gasteiger partial charge in [0.1, 0.15) is 0 Å². The van der Waals surface area contributed by atoms with Crippen LogP contribution in [0.1, 0.15) is 31.7 Å². The SMILES string of the molecule is CC1CC1(CNC1CC1)c1cccc(Br)c1. The summed E-state index contributed by atoms with van der Waals surface area (Å²) < 4.78 is 1.20. The van der Waals surface area contributed by atoms with Crippen LogP contribution in [-0.4, -0.2) is 12.6 Å². The lowest BCUT2D eigenvalue weighted by Crippen LogP contribution is -2.29. The Labute approximate surface area is 106 Å². The second kappa shape index (κ2) is 3.85. The minimum Gasteiger partial charge on any atom is -0.313 e. The van der Waals surface area contributed by atoms with E-state index in [1.165, 1.54) is 29.3 Å². The fourth-order valence-electron chi connectivity index (χ4n) is 2.65. The highest BCUT2D eigenvalue weighted by atomic mass is 79.9. The van der Waals surface area contributed by atoms with Crippen molar-refractivity contribution < 1.29 is 0 Å². The highest BCUT2D eigenvalue weighted by Crippen LogP contribution is 2.54. The quantitative estimate of drug-likeness (QED) is 0.890. The third-order valence-electron chi connectivity index (χ3n) is 4.14. The number of hydrogen-bond donors (Lipinski definition) is 1. The van der Waals surface area contributed by atoms with Crippen LogP contribution in [0.3, 0.4) is 0 Å². The Morgan fingerprint density at radius 3 is 2.75 bits per heavy atom. The van der Waals surface area contributed by atoms with Crippen LogP contribution in [0.5, 0.6) is 0 Å². The van der Waals surface area contributed by atoms with Crippen LogP contribution in [0.4, 0.5) is 0 Å². The molecule has 0 radical (unpaired) electrons. The monoisotopic (exact) mass is 279 g/mol. The number of nitrogens with one attached hydrogen (secondary N) is 1. The molecule has 1 aromatic carbocycles. The molecule has 2 aliphatic carbocycles. The summed E-state index contributed by atoms with van der Waals surface area (Å²) >= 11 is 3.57. The molecule has 16 heavy (non-hydrogen) atoms. The first-order valence-corrected chi connectivity index (χ1v) is 6.99. The van der Waals surface area contributed by atoms with Crippen molar-refractivity contribution in [2.75, 3.05) is 6.54 Å². The first-order chi connectivity index (χ1) is 7.71. The Kier molecular flexibility index (Phi) is 2.60. The van der Waals surface area contributed by atoms with Gasteiger partial charge in [-0.05, 0) is 42.9 Å². The van der Waals surface area contributed by atoms with Crippen molar-refractivity contribution >= 4 is 15.9 Å². The second-order valence-corrected chi connectivity index (χ2v) is 6.34. The van der Waals surface area contributed by atoms with Gasteiger partial charge < -0.3 is 5.32 Å². The second-order valence-electron chi connectivity index (χ2n) is 5.43. The summed E-state index contributed by atoms with van der Waals surface area (Å²) in [5.41, 5.74) is 1.93. The Morgan fingerprint density at radius 1 is 1.44 bits per heavy atom. The molecule has 0 spiro atoms. The van der Waals surface area contributed by atoms with Crippen LogP contribution in [0.15, 0.2) is 28.7 Å². The predicted molar refractivity (Wildman–Crippen MR) is 70.6 cm³/mol. The summed E-state index contributed by atoms with van der Waals surface area (Å²) in [6.45, 7) is 3.53. The fourth-order valence-corrected chi connectivity index (χ4v) is 3.05. The molecule has 2 atom stereocenters. The van der Waals surface area contributed by atoms with Crippen molar-refractivity contribution in [2.24, 2.45) is 5.92 Å². The molecule has 1 nitrogen and oxygen atoms in total. The third kappa shape index (κ3) is 1.93. The van der Waals surface area contributed by atoms with E-state index in [1.54, 1.807) is 0 Å². The van der Waals surface area contributed by atoms with Gasteiger partial charge in [-0.1, -0.05) is 35.0 Å². The molecule has 2 unspecified atom stereocenters. The third-order valence-corrected chi connectivity index (χ3v) is 4.63. The number of hydrogen-bond acceptors (Lipinski definition) is 1. The van der Waals surface area contributed by atoms with Gasteiger partial charge >= 0.3 is 0 Å². The minimum absolute atomic E-state index is 0.423. The molecular weight excluding hydrogens is 262 g/mol. The normalized spacial score (nSPS) is 32.8. The summed E-state index contributed by atoms with van der Waals surface area (Å²) in [5.74, 6) is 0.827. The largest absolute Gasteiger partial charge is 0.313 e. The predicted octanol–water partition coefficient (Wildman–Crippen LogP) is 3.48. The van der Waals surface area contributed by atoms with E-state index in [0.717, 1.165) is 18.5 Å². The van der Waals surface area contributed by atoms with Gasteiger partial charge in [-0.3, -0.25) is 0 Å². The van der Waals surface area contributed by atoms with Gasteiger partial charge in [-0.2, -0.15) is 0 Å². The minimum atomic E-state index is 0.423. The standard InChI is InChI=1S/C14H18BrN/c1-10-8-14(10,9-16-13-5-6-13)11-3-2-4-12(15)7-11/h2-4,7,10,13,16H,5-6,8-9H2,1H3. The summed E-state index contributed by atoms with van der Waals surface area (Å²) in [7, 11) is 0. The zero-order valence-corrected chi connectivity index (χ0v) is 11.3. The molecule has 0 aromatic heterocycles. The van der Waals surface area contributed by atoms with Crippen LogP contribution in [0.2, 0.25) is 0 Å². The molecule has 0 saturated heterocycles. The van der Waals surface area contributed by atoms with E-state index >= 15 is 0 Å². The van der Waals surface area contributed by atoms with Gasteiger partial charge in [0, 0.05) is 22.5 Å². The molecule has 0 amide bonds. The smallest absolute Gasteiger partial charge is 0.0178 e. The first-order valence-electron chi connectivity index (χ1n) is 6.20. The molecule has 3 rings (SSSR count). The highest BCUT2D eigenvalue weighted by molar-refractivity contribution is 9.10. The van der Waals surface area contributed by atoms with Gasteiger partial charge in [-0.15, -0.1) is 0 Å². The van der Waals surface area contributed by atoms with Crippen LogP contribution in [-0.2, 0) is 5.41 Å². The molecule has 2 fully saturated rings. The lowest BCUT2D eigenvalue weighted by molar-refractivity contribution is 0.540. The van der Waals surface area contributed by atoms with E-state index in [2.05, 4.69) is 52.4 Å². The maximum absolute atomic E-state index is 3.69. The van der Waals surface area contributed by atoms with Gasteiger partial charge in [0.2, 0.25) is 0 Å². The molecule has 0 heterocycles. The van der Waals surface area contributed by atoms with Gasteiger partial charge in [0.15, 0.2) is 0 Å². The maximum atomic E-state index is 3.69. The van der Waals surface area contributed by atoms with Crippen LogP contribution >= 0.6 is 15.9 Å². The highest BCUT2D eigenvalue weighted by Gasteiger charge is 2.52. The fraction of sp³-hybridized carbons (Fsp3) is 0.571. The van der Waals surface area contributed by atoms with Gasteiger partial charge in [-0.25, -0.2) is 0 Å². The summed E-state index contributed by atoms with van der Waals surface area (Å²) in [4.78, 5) is 0. The molecular formula is C14H18BrN. The van der Waals surface area contributed by atoms with E-state index in [-0.39, 0.29) is 0 Å². The van der Waals surface area contributed by atoms with Crippen LogP contribution < -0.4 is 5.32 Å². The van der Waals surface area contributed by atoms with E-state index in [9.17, 15) is 0 Å². The van der Waals surface area contributed by atoms with Crippen molar-refractivity contribution in [1.82, 2.24) is 5.32 Å². The lowest BCUT2D eigenvalue weighted by Gasteiger charge is -2.18. The van der Waals surface area contributed by atoms with E-state index in [1.807, 2.05) is 0 Å². The molecule has 1 aromatic rings. The van der Waals surface area contributed by atoms with Crippen molar-refractivity contribution in [3.05, 3.63) is 34.3 Å². The first kappa shape index (κ1) is 10.8. The summed E-state index contributed by atoms with van der Waals surface area (Å²) in [6.07, 6.45) is 4.09. The Bertz CT molecular complexity index is 399. The Morgan fingerprint density at radius 2 is 2.19 bits per heavy atom. The summed E-state index contributed by atoms with van der Waals surface area (Å²) in [6, 6.07) is 9.65. The number of benzene rings is 1. The van der Waals surface area contributed by atoms with Gasteiger partial charge in [0.05, 0.1) is 0 Å². The van der Waals surface area contributed by atoms with Crippen molar-refractivity contribution in [3.63, 3.8) is 0 Å². The molecule has 86 valence electrons. The number of rotatable bonds is 4. The zero-order valence-electron chi connectivity index (χ0n) is 9.67. The molecule has 2 saturated carbocycles. The molecule has 0 bridgehead atoms. The molecule has 1 N–H and O–H groups in total. The van der Waals surface area contributed by atoms with Gasteiger partial charge in [0.25, 0.3) is 0 Å². The van der Waals surface area contributed by atoms with E-state index in [0.29, 0.717) is 5.41 Å². The Hall–Kier alpha value is -0.340. The van der Waals surface area contributed by atoms with Crippen molar-refractivity contribution in [2.45, 2.75) is 37.6 Å². The van der Waals surface area contributed by atoms with Crippen LogP contribution in [0, 0.1) is 5.92 Å². The zero-order chi connectivity index (χ0) is 11.2. The van der Waals surface area contributed by atoms with Crippen molar-refractivity contribution in [3.8, 4) is 0 Å². The molecule has 0 aliphatic heterocycles. The average molecular weight is 280 g/mol. The average Bonchev–Trinajstić information content (AvgIpc) is 3.13.